The van der Waals surface area contributed by atoms with Gasteiger partial charge in [0.15, 0.2) is 16.6 Å². The van der Waals surface area contributed by atoms with E-state index in [9.17, 15) is 9.59 Å². The third-order valence-corrected chi connectivity index (χ3v) is 17.9. The van der Waals surface area contributed by atoms with Gasteiger partial charge in [-0.25, -0.2) is 9.36 Å². The van der Waals surface area contributed by atoms with Gasteiger partial charge in [0, 0.05) is 16.3 Å². The van der Waals surface area contributed by atoms with Gasteiger partial charge in [-0.1, -0.05) is 71.9 Å². The minimum atomic E-state index is -2.33. The molecule has 1 aliphatic rings. The van der Waals surface area contributed by atoms with E-state index < -0.39 is 46.3 Å². The molecule has 0 spiro atoms. The molecule has 0 aliphatic carbocycles. The van der Waals surface area contributed by atoms with Gasteiger partial charge in [0.25, 0.3) is 5.56 Å². The second-order valence-corrected chi connectivity index (χ2v) is 23.5. The normalized spacial score (nSPS) is 21.6. The van der Waals surface area contributed by atoms with E-state index in [0.717, 1.165) is 10.1 Å². The Labute approximate surface area is 254 Å². The standard InChI is InChI=1S/C29H45IN2O6Si2/c1-28(2,3)39(7,8)37-24-22(18-30)36-26(25(24)38-40(9,10)29(4,5)6)31-17-16-23(33)32(27(31)34)20-35-19-21-14-12-11-13-15-21/h11-18,24-26H,19-20H2,1-10H3/b22-18-/t24-,25-,26-/m1/s1. The number of ether oxygens (including phenoxy) is 2. The summed E-state index contributed by atoms with van der Waals surface area (Å²) in [6.45, 7) is 22.0. The van der Waals surface area contributed by atoms with Crippen LogP contribution in [0.4, 0.5) is 0 Å². The maximum absolute atomic E-state index is 13.7. The molecular weight excluding hydrogens is 655 g/mol. The van der Waals surface area contributed by atoms with Crippen molar-refractivity contribution < 1.29 is 18.3 Å². The van der Waals surface area contributed by atoms with Gasteiger partial charge < -0.3 is 18.3 Å². The lowest BCUT2D eigenvalue weighted by molar-refractivity contribution is -0.00982. The lowest BCUT2D eigenvalue weighted by atomic mass is 10.2. The topological polar surface area (TPSA) is 80.9 Å². The van der Waals surface area contributed by atoms with Gasteiger partial charge in [-0.05, 0) is 64.4 Å². The van der Waals surface area contributed by atoms with Gasteiger partial charge in [-0.2, -0.15) is 0 Å². The Morgan fingerprint density at radius 2 is 1.50 bits per heavy atom. The first-order valence-electron chi connectivity index (χ1n) is 13.7. The highest BCUT2D eigenvalue weighted by molar-refractivity contribution is 14.1. The Kier molecular flexibility index (Phi) is 10.2. The summed E-state index contributed by atoms with van der Waals surface area (Å²) in [6, 6.07) is 11.0. The lowest BCUT2D eigenvalue weighted by Gasteiger charge is -2.43. The fraction of sp³-hybridized carbons (Fsp3) is 0.586. The fourth-order valence-electron chi connectivity index (χ4n) is 3.82. The van der Waals surface area contributed by atoms with Crippen LogP contribution in [0.2, 0.25) is 36.3 Å². The molecule has 0 radical (unpaired) electrons. The van der Waals surface area contributed by atoms with Gasteiger partial charge in [0.2, 0.25) is 6.23 Å². The molecule has 40 heavy (non-hydrogen) atoms. The van der Waals surface area contributed by atoms with E-state index in [0.29, 0.717) is 5.76 Å². The Balaban J connectivity index is 2.03. The van der Waals surface area contributed by atoms with E-state index in [-0.39, 0.29) is 23.4 Å². The zero-order valence-electron chi connectivity index (χ0n) is 25.5. The molecule has 3 rings (SSSR count). The number of rotatable bonds is 9. The Morgan fingerprint density at radius 1 is 0.925 bits per heavy atom. The van der Waals surface area contributed by atoms with Crippen molar-refractivity contribution in [2.75, 3.05) is 0 Å². The largest absolute Gasteiger partial charge is 0.468 e. The quantitative estimate of drug-likeness (QED) is 0.212. The average Bonchev–Trinajstić information content (AvgIpc) is 3.16. The average molecular weight is 701 g/mol. The van der Waals surface area contributed by atoms with Crippen molar-refractivity contribution in [1.29, 1.82) is 0 Å². The van der Waals surface area contributed by atoms with E-state index in [1.165, 1.54) is 16.8 Å². The molecule has 0 saturated carbocycles. The summed E-state index contributed by atoms with van der Waals surface area (Å²) < 4.78 is 30.5. The Bertz CT molecular complexity index is 1310. The van der Waals surface area contributed by atoms with Crippen LogP contribution in [0.5, 0.6) is 0 Å². The number of halogens is 1. The molecule has 0 amide bonds. The summed E-state index contributed by atoms with van der Waals surface area (Å²) in [5.41, 5.74) is -0.000655. The molecule has 1 saturated heterocycles. The predicted molar refractivity (Wildman–Crippen MR) is 173 cm³/mol. The number of hydrogen-bond donors (Lipinski definition) is 0. The van der Waals surface area contributed by atoms with Crippen LogP contribution in [0.3, 0.4) is 0 Å². The predicted octanol–water partition coefficient (Wildman–Crippen LogP) is 6.77. The highest BCUT2D eigenvalue weighted by Crippen LogP contribution is 2.46. The monoisotopic (exact) mass is 700 g/mol. The third-order valence-electron chi connectivity index (χ3n) is 8.39. The second-order valence-electron chi connectivity index (χ2n) is 13.4. The van der Waals surface area contributed by atoms with Crippen LogP contribution in [0.25, 0.3) is 0 Å². The van der Waals surface area contributed by atoms with Crippen LogP contribution >= 0.6 is 22.6 Å². The van der Waals surface area contributed by atoms with Crippen LogP contribution in [0, 0.1) is 0 Å². The first kappa shape index (κ1) is 33.0. The van der Waals surface area contributed by atoms with E-state index in [4.69, 9.17) is 18.3 Å². The molecule has 8 nitrogen and oxygen atoms in total. The highest BCUT2D eigenvalue weighted by atomic mass is 127. The first-order chi connectivity index (χ1) is 18.4. The molecule has 222 valence electrons. The Morgan fingerprint density at radius 3 is 2.05 bits per heavy atom. The first-order valence-corrected chi connectivity index (χ1v) is 20.7. The minimum Gasteiger partial charge on any atom is -0.468 e. The summed E-state index contributed by atoms with van der Waals surface area (Å²) in [5.74, 6) is 0.629. The number of nitrogens with zero attached hydrogens (tertiary/aromatic N) is 2. The molecule has 1 aromatic carbocycles. The SMILES string of the molecule is CC(C)(C)[Si](C)(C)O[C@@H]1[C@H](O[Si](C)(C)C(C)(C)C)/C(=C/I)O[C@H]1n1ccc(=O)n(COCc2ccccc2)c1=O. The van der Waals surface area contributed by atoms with Crippen molar-refractivity contribution in [3.05, 3.63) is 78.8 Å². The maximum atomic E-state index is 13.7. The molecule has 0 bridgehead atoms. The molecule has 1 fully saturated rings. The summed E-state index contributed by atoms with van der Waals surface area (Å²) >= 11 is 2.16. The lowest BCUT2D eigenvalue weighted by Crippen LogP contribution is -2.53. The van der Waals surface area contributed by atoms with Crippen LogP contribution < -0.4 is 11.2 Å². The highest BCUT2D eigenvalue weighted by Gasteiger charge is 2.53. The van der Waals surface area contributed by atoms with Crippen molar-refractivity contribution in [1.82, 2.24) is 9.13 Å². The number of benzene rings is 1. The van der Waals surface area contributed by atoms with Crippen molar-refractivity contribution in [3.63, 3.8) is 0 Å². The zero-order valence-corrected chi connectivity index (χ0v) is 29.6. The molecule has 0 N–H and O–H groups in total. The molecule has 1 aromatic heterocycles. The smallest absolute Gasteiger partial charge is 0.335 e. The van der Waals surface area contributed by atoms with Gasteiger partial charge in [-0.15, -0.1) is 0 Å². The van der Waals surface area contributed by atoms with Gasteiger partial charge in [0.1, 0.15) is 24.7 Å². The van der Waals surface area contributed by atoms with Crippen molar-refractivity contribution >= 4 is 39.2 Å². The van der Waals surface area contributed by atoms with Gasteiger partial charge >= 0.3 is 5.69 Å². The van der Waals surface area contributed by atoms with Crippen LogP contribution in [0.1, 0.15) is 53.3 Å². The third kappa shape index (κ3) is 7.27. The van der Waals surface area contributed by atoms with Crippen molar-refractivity contribution in [2.24, 2.45) is 0 Å². The molecule has 1 aliphatic heterocycles. The molecular formula is C29H45IN2O6Si2. The van der Waals surface area contributed by atoms with E-state index >= 15 is 0 Å². The maximum Gasteiger partial charge on any atom is 0.335 e. The van der Waals surface area contributed by atoms with Crippen molar-refractivity contribution in [3.8, 4) is 0 Å². The Hall–Kier alpha value is -1.52. The summed E-state index contributed by atoms with van der Waals surface area (Å²) in [5, 5.41) is -0.117. The van der Waals surface area contributed by atoms with Crippen LogP contribution in [-0.4, -0.2) is 38.0 Å². The summed E-state index contributed by atoms with van der Waals surface area (Å²) in [4.78, 5) is 26.5. The number of hydrogen-bond acceptors (Lipinski definition) is 6. The van der Waals surface area contributed by atoms with E-state index in [1.54, 1.807) is 0 Å². The molecule has 11 heteroatoms. The molecule has 2 aromatic rings. The molecule has 3 atom stereocenters. The van der Waals surface area contributed by atoms with Gasteiger partial charge in [0.05, 0.1) is 6.61 Å². The van der Waals surface area contributed by atoms with Gasteiger partial charge in [-0.3, -0.25) is 9.36 Å². The minimum absolute atomic E-state index is 0.0385. The summed E-state index contributed by atoms with van der Waals surface area (Å²) in [7, 11) is -4.59. The second kappa shape index (κ2) is 12.4. The van der Waals surface area contributed by atoms with Crippen LogP contribution in [0.15, 0.2) is 62.0 Å². The number of aromatic nitrogens is 2. The van der Waals surface area contributed by atoms with Crippen LogP contribution in [-0.2, 0) is 31.7 Å². The van der Waals surface area contributed by atoms with E-state index in [1.807, 2.05) is 34.4 Å². The zero-order chi connectivity index (χ0) is 30.1. The van der Waals surface area contributed by atoms with E-state index in [2.05, 4.69) is 90.3 Å². The molecule has 0 unspecified atom stereocenters. The fourth-order valence-corrected chi connectivity index (χ4v) is 6.83. The summed E-state index contributed by atoms with van der Waals surface area (Å²) in [6.07, 6.45) is -0.383. The van der Waals surface area contributed by atoms with Crippen molar-refractivity contribution in [2.45, 2.75) is 110 Å². The molecule has 2 heterocycles.